The van der Waals surface area contributed by atoms with Crippen LogP contribution in [0.3, 0.4) is 0 Å². The van der Waals surface area contributed by atoms with Gasteiger partial charge in [0.2, 0.25) is 0 Å². The molecule has 0 aliphatic rings. The third-order valence-corrected chi connectivity index (χ3v) is 2.57. The first kappa shape index (κ1) is 12.4. The van der Waals surface area contributed by atoms with Crippen LogP contribution in [0.2, 0.25) is 0 Å². The van der Waals surface area contributed by atoms with Crippen LogP contribution >= 0.6 is 0 Å². The summed E-state index contributed by atoms with van der Waals surface area (Å²) in [6, 6.07) is 2.01. The summed E-state index contributed by atoms with van der Waals surface area (Å²) in [4.78, 5) is 12.0. The average Bonchev–Trinajstić information content (AvgIpc) is 2.77. The van der Waals surface area contributed by atoms with Crippen LogP contribution in [-0.2, 0) is 7.05 Å². The quantitative estimate of drug-likeness (QED) is 0.842. The number of carbonyl (C=O) groups excluding carboxylic acids is 1. The third kappa shape index (κ3) is 2.28. The normalized spacial score (nSPS) is 12.4. The maximum absolute atomic E-state index is 13.0. The van der Waals surface area contributed by atoms with Gasteiger partial charge in [0, 0.05) is 24.4 Å². The molecule has 0 aliphatic carbocycles. The van der Waals surface area contributed by atoms with Crippen molar-refractivity contribution in [2.75, 3.05) is 0 Å². The zero-order chi connectivity index (χ0) is 13.3. The second-order valence-corrected chi connectivity index (χ2v) is 3.92. The van der Waals surface area contributed by atoms with Crippen molar-refractivity contribution in [3.63, 3.8) is 0 Å². The number of aryl methyl sites for hydroxylation is 1. The fraction of sp³-hybridized carbons (Fsp3) is 0.167. The van der Waals surface area contributed by atoms with E-state index in [1.165, 1.54) is 16.9 Å². The van der Waals surface area contributed by atoms with Crippen LogP contribution in [-0.4, -0.2) is 15.6 Å². The highest BCUT2D eigenvalue weighted by molar-refractivity contribution is 6.00. The molecule has 2 rings (SSSR count). The van der Waals surface area contributed by atoms with Gasteiger partial charge < -0.3 is 5.73 Å². The summed E-state index contributed by atoms with van der Waals surface area (Å²) in [7, 11) is 1.69. The fourth-order valence-corrected chi connectivity index (χ4v) is 1.58. The zero-order valence-corrected chi connectivity index (χ0v) is 9.60. The molecule has 1 heterocycles. The van der Waals surface area contributed by atoms with E-state index in [4.69, 9.17) is 5.73 Å². The number of hydrogen-bond acceptors (Lipinski definition) is 3. The van der Waals surface area contributed by atoms with Crippen molar-refractivity contribution in [1.29, 1.82) is 0 Å². The third-order valence-electron chi connectivity index (χ3n) is 2.57. The van der Waals surface area contributed by atoms with Crippen LogP contribution in [0.4, 0.5) is 8.78 Å². The summed E-state index contributed by atoms with van der Waals surface area (Å²) in [5.74, 6) is -2.55. The van der Waals surface area contributed by atoms with Crippen molar-refractivity contribution < 1.29 is 13.6 Å². The van der Waals surface area contributed by atoms with Crippen molar-refractivity contribution >= 4 is 5.78 Å². The molecule has 94 valence electrons. The van der Waals surface area contributed by atoms with E-state index < -0.39 is 23.5 Å². The molecule has 18 heavy (non-hydrogen) atoms. The van der Waals surface area contributed by atoms with E-state index in [1.54, 1.807) is 13.2 Å². The van der Waals surface area contributed by atoms with E-state index in [0.717, 1.165) is 12.1 Å². The molecule has 0 bridgehead atoms. The average molecular weight is 251 g/mol. The summed E-state index contributed by atoms with van der Waals surface area (Å²) in [5.41, 5.74) is 6.31. The number of hydrogen-bond donors (Lipinski definition) is 1. The van der Waals surface area contributed by atoms with Gasteiger partial charge in [-0.05, 0) is 18.2 Å². The molecule has 0 aliphatic heterocycles. The number of carbonyl (C=O) groups is 1. The van der Waals surface area contributed by atoms with Gasteiger partial charge in [0.1, 0.15) is 0 Å². The Kier molecular flexibility index (Phi) is 3.20. The van der Waals surface area contributed by atoms with Gasteiger partial charge in [-0.2, -0.15) is 5.10 Å². The Morgan fingerprint density at radius 3 is 2.67 bits per heavy atom. The standard InChI is InChI=1S/C12H11F2N3O/c1-17-6-8(5-16-17)11(15)12(18)7-2-3-9(13)10(14)4-7/h2-6,11H,15H2,1H3. The Hall–Kier alpha value is -2.08. The van der Waals surface area contributed by atoms with Gasteiger partial charge in [-0.3, -0.25) is 9.48 Å². The van der Waals surface area contributed by atoms with E-state index in [1.807, 2.05) is 0 Å². The molecule has 0 fully saturated rings. The highest BCUT2D eigenvalue weighted by atomic mass is 19.2. The van der Waals surface area contributed by atoms with Crippen LogP contribution in [0.5, 0.6) is 0 Å². The number of benzene rings is 1. The van der Waals surface area contributed by atoms with E-state index in [2.05, 4.69) is 5.10 Å². The van der Waals surface area contributed by atoms with Crippen molar-refractivity contribution in [3.05, 3.63) is 53.4 Å². The lowest BCUT2D eigenvalue weighted by Crippen LogP contribution is -2.21. The Bertz CT molecular complexity index is 595. The topological polar surface area (TPSA) is 60.9 Å². The largest absolute Gasteiger partial charge is 0.317 e. The molecule has 1 unspecified atom stereocenters. The first-order valence-electron chi connectivity index (χ1n) is 5.22. The number of Topliss-reactive ketones (excluding diaryl/α,β-unsaturated/α-hetero) is 1. The molecule has 0 saturated heterocycles. The SMILES string of the molecule is Cn1cc(C(N)C(=O)c2ccc(F)c(F)c2)cn1. The fourth-order valence-electron chi connectivity index (χ4n) is 1.58. The second kappa shape index (κ2) is 4.66. The number of aromatic nitrogens is 2. The Labute approximate surface area is 102 Å². The van der Waals surface area contributed by atoms with Crippen molar-refractivity contribution in [1.82, 2.24) is 9.78 Å². The van der Waals surface area contributed by atoms with Gasteiger partial charge in [0.25, 0.3) is 0 Å². The Morgan fingerprint density at radius 1 is 1.39 bits per heavy atom. The number of ketones is 1. The lowest BCUT2D eigenvalue weighted by molar-refractivity contribution is 0.0960. The second-order valence-electron chi connectivity index (χ2n) is 3.92. The van der Waals surface area contributed by atoms with Gasteiger partial charge in [0.05, 0.1) is 12.2 Å². The van der Waals surface area contributed by atoms with Crippen LogP contribution < -0.4 is 5.73 Å². The number of nitrogens with zero attached hydrogens (tertiary/aromatic N) is 2. The van der Waals surface area contributed by atoms with Crippen LogP contribution in [0.25, 0.3) is 0 Å². The molecule has 4 nitrogen and oxygen atoms in total. The van der Waals surface area contributed by atoms with Gasteiger partial charge in [-0.15, -0.1) is 0 Å². The predicted octanol–water partition coefficient (Wildman–Crippen LogP) is 1.58. The van der Waals surface area contributed by atoms with Crippen molar-refractivity contribution in [2.45, 2.75) is 6.04 Å². The smallest absolute Gasteiger partial charge is 0.184 e. The summed E-state index contributed by atoms with van der Waals surface area (Å²) in [5, 5.41) is 3.90. The van der Waals surface area contributed by atoms with Gasteiger partial charge in [-0.1, -0.05) is 0 Å². The molecule has 6 heteroatoms. The van der Waals surface area contributed by atoms with Crippen LogP contribution in [0.1, 0.15) is 22.0 Å². The molecular formula is C12H11F2N3O. The maximum atomic E-state index is 13.0. The first-order chi connectivity index (χ1) is 8.49. The van der Waals surface area contributed by atoms with E-state index in [9.17, 15) is 13.6 Å². The predicted molar refractivity (Wildman–Crippen MR) is 60.8 cm³/mol. The molecule has 1 aromatic carbocycles. The molecule has 1 aromatic heterocycles. The minimum absolute atomic E-state index is 0.0326. The monoisotopic (exact) mass is 251 g/mol. The van der Waals surface area contributed by atoms with E-state index >= 15 is 0 Å². The molecule has 2 aromatic rings. The highest BCUT2D eigenvalue weighted by Gasteiger charge is 2.20. The van der Waals surface area contributed by atoms with Crippen LogP contribution in [0.15, 0.2) is 30.6 Å². The molecular weight excluding hydrogens is 240 g/mol. The minimum Gasteiger partial charge on any atom is -0.317 e. The lowest BCUT2D eigenvalue weighted by atomic mass is 10.0. The van der Waals surface area contributed by atoms with Gasteiger partial charge in [-0.25, -0.2) is 8.78 Å². The minimum atomic E-state index is -1.07. The van der Waals surface area contributed by atoms with E-state index in [-0.39, 0.29) is 5.56 Å². The first-order valence-corrected chi connectivity index (χ1v) is 5.22. The lowest BCUT2D eigenvalue weighted by Gasteiger charge is -2.08. The molecule has 1 atom stereocenters. The number of nitrogens with two attached hydrogens (primary N) is 1. The molecule has 2 N–H and O–H groups in total. The Morgan fingerprint density at radius 2 is 2.11 bits per heavy atom. The maximum Gasteiger partial charge on any atom is 0.184 e. The highest BCUT2D eigenvalue weighted by Crippen LogP contribution is 2.17. The van der Waals surface area contributed by atoms with Crippen LogP contribution in [0, 0.1) is 11.6 Å². The molecule has 0 spiro atoms. The molecule has 0 saturated carbocycles. The van der Waals surface area contributed by atoms with Crippen molar-refractivity contribution in [3.8, 4) is 0 Å². The number of halogens is 2. The number of rotatable bonds is 3. The summed E-state index contributed by atoms with van der Waals surface area (Å²) in [6.45, 7) is 0. The zero-order valence-electron chi connectivity index (χ0n) is 9.60. The molecule has 0 radical (unpaired) electrons. The Balaban J connectivity index is 2.28. The molecule has 0 amide bonds. The summed E-state index contributed by atoms with van der Waals surface area (Å²) < 4.78 is 27.3. The van der Waals surface area contributed by atoms with Crippen molar-refractivity contribution in [2.24, 2.45) is 12.8 Å². The van der Waals surface area contributed by atoms with Gasteiger partial charge >= 0.3 is 0 Å². The van der Waals surface area contributed by atoms with E-state index in [0.29, 0.717) is 5.56 Å². The van der Waals surface area contributed by atoms with Gasteiger partial charge in [0.15, 0.2) is 17.4 Å². The summed E-state index contributed by atoms with van der Waals surface area (Å²) >= 11 is 0. The summed E-state index contributed by atoms with van der Waals surface area (Å²) in [6.07, 6.45) is 3.06.